The molecular weight excluding hydrogens is 270 g/mol. The van der Waals surface area contributed by atoms with Crippen molar-refractivity contribution in [1.29, 1.82) is 0 Å². The summed E-state index contributed by atoms with van der Waals surface area (Å²) in [5, 5.41) is 11.4. The Morgan fingerprint density at radius 3 is 2.43 bits per heavy atom. The van der Waals surface area contributed by atoms with Gasteiger partial charge in [-0.05, 0) is 30.0 Å². The molecule has 2 N–H and O–H groups in total. The summed E-state index contributed by atoms with van der Waals surface area (Å²) < 4.78 is 5.39. The zero-order chi connectivity index (χ0) is 15.7. The highest BCUT2D eigenvalue weighted by Crippen LogP contribution is 2.12. The second kappa shape index (κ2) is 9.00. The standard InChI is InChI=1S/C16H23NO4/c1-3-12-5-7-14(8-6-12)21-11-15(18)17-10-13(4-2)9-16(19)20/h5-8,13H,3-4,9-11H2,1-2H3,(H,17,18)(H,19,20). The normalized spacial score (nSPS) is 11.7. The largest absolute Gasteiger partial charge is 0.484 e. The van der Waals surface area contributed by atoms with Crippen LogP contribution in [0.5, 0.6) is 5.75 Å². The molecule has 0 spiro atoms. The Morgan fingerprint density at radius 1 is 1.24 bits per heavy atom. The number of nitrogens with one attached hydrogen (secondary N) is 1. The minimum absolute atomic E-state index is 0.0460. The van der Waals surface area contributed by atoms with E-state index in [1.54, 1.807) is 0 Å². The highest BCUT2D eigenvalue weighted by molar-refractivity contribution is 5.77. The number of hydrogen-bond acceptors (Lipinski definition) is 3. The van der Waals surface area contributed by atoms with Gasteiger partial charge in [0.1, 0.15) is 5.75 Å². The van der Waals surface area contributed by atoms with E-state index in [1.165, 1.54) is 5.56 Å². The van der Waals surface area contributed by atoms with Crippen molar-refractivity contribution in [3.05, 3.63) is 29.8 Å². The average molecular weight is 293 g/mol. The summed E-state index contributed by atoms with van der Waals surface area (Å²) in [4.78, 5) is 22.3. The van der Waals surface area contributed by atoms with Crippen molar-refractivity contribution >= 4 is 11.9 Å². The number of aryl methyl sites for hydroxylation is 1. The molecular formula is C16H23NO4. The van der Waals surface area contributed by atoms with Crippen molar-refractivity contribution in [2.24, 2.45) is 5.92 Å². The molecule has 0 bridgehead atoms. The second-order valence-corrected chi connectivity index (χ2v) is 4.96. The summed E-state index contributed by atoms with van der Waals surface area (Å²) in [7, 11) is 0. The Morgan fingerprint density at radius 2 is 1.90 bits per heavy atom. The number of amides is 1. The molecule has 1 atom stereocenters. The number of rotatable bonds is 9. The summed E-state index contributed by atoms with van der Waals surface area (Å²) >= 11 is 0. The smallest absolute Gasteiger partial charge is 0.303 e. The third-order valence-electron chi connectivity index (χ3n) is 3.33. The van der Waals surface area contributed by atoms with Gasteiger partial charge in [-0.25, -0.2) is 0 Å². The highest BCUT2D eigenvalue weighted by Gasteiger charge is 2.12. The Hall–Kier alpha value is -2.04. The molecule has 0 saturated carbocycles. The van der Waals surface area contributed by atoms with E-state index in [2.05, 4.69) is 12.2 Å². The predicted octanol–water partition coefficient (Wildman–Crippen LogP) is 2.24. The third-order valence-corrected chi connectivity index (χ3v) is 3.33. The fourth-order valence-electron chi connectivity index (χ4n) is 1.89. The first-order chi connectivity index (χ1) is 10.0. The van der Waals surface area contributed by atoms with Crippen molar-refractivity contribution < 1.29 is 19.4 Å². The lowest BCUT2D eigenvalue weighted by molar-refractivity contribution is -0.138. The maximum absolute atomic E-state index is 11.7. The Balaban J connectivity index is 2.31. The Labute approximate surface area is 125 Å². The second-order valence-electron chi connectivity index (χ2n) is 4.96. The lowest BCUT2D eigenvalue weighted by atomic mass is 10.0. The van der Waals surface area contributed by atoms with Crippen LogP contribution in [0.25, 0.3) is 0 Å². The number of aliphatic carboxylic acids is 1. The van der Waals surface area contributed by atoms with Crippen LogP contribution >= 0.6 is 0 Å². The maximum Gasteiger partial charge on any atom is 0.303 e. The minimum atomic E-state index is -0.844. The Bertz CT molecular complexity index is 456. The lowest BCUT2D eigenvalue weighted by Gasteiger charge is -2.13. The van der Waals surface area contributed by atoms with Crippen molar-refractivity contribution in [1.82, 2.24) is 5.32 Å². The van der Waals surface area contributed by atoms with Gasteiger partial charge in [-0.2, -0.15) is 0 Å². The number of carboxylic acids is 1. The molecule has 5 heteroatoms. The van der Waals surface area contributed by atoms with E-state index in [4.69, 9.17) is 9.84 Å². The first kappa shape index (κ1) is 17.0. The molecule has 5 nitrogen and oxygen atoms in total. The number of hydrogen-bond donors (Lipinski definition) is 2. The van der Waals surface area contributed by atoms with Gasteiger partial charge in [0.15, 0.2) is 6.61 Å². The van der Waals surface area contributed by atoms with E-state index < -0.39 is 5.97 Å². The maximum atomic E-state index is 11.7. The van der Waals surface area contributed by atoms with Gasteiger partial charge in [0.05, 0.1) is 0 Å². The molecule has 0 aliphatic carbocycles. The van der Waals surface area contributed by atoms with Gasteiger partial charge in [-0.3, -0.25) is 9.59 Å². The zero-order valence-electron chi connectivity index (χ0n) is 12.6. The van der Waals surface area contributed by atoms with E-state index in [-0.39, 0.29) is 24.9 Å². The molecule has 0 fully saturated rings. The predicted molar refractivity (Wildman–Crippen MR) is 80.4 cm³/mol. The molecule has 116 valence electrons. The molecule has 0 aliphatic heterocycles. The van der Waals surface area contributed by atoms with Crippen LogP contribution in [-0.4, -0.2) is 30.1 Å². The van der Waals surface area contributed by atoms with Crippen LogP contribution in [0.1, 0.15) is 32.3 Å². The summed E-state index contributed by atoms with van der Waals surface area (Å²) in [6, 6.07) is 7.61. The minimum Gasteiger partial charge on any atom is -0.484 e. The third kappa shape index (κ3) is 6.79. The van der Waals surface area contributed by atoms with Gasteiger partial charge in [0.25, 0.3) is 5.91 Å². The van der Waals surface area contributed by atoms with Crippen LogP contribution in [0.4, 0.5) is 0 Å². The van der Waals surface area contributed by atoms with Crippen molar-refractivity contribution in [3.63, 3.8) is 0 Å². The molecule has 1 aromatic carbocycles. The summed E-state index contributed by atoms with van der Waals surface area (Å²) in [6.07, 6.45) is 1.74. The van der Waals surface area contributed by atoms with Gasteiger partial charge < -0.3 is 15.2 Å². The summed E-state index contributed by atoms with van der Waals surface area (Å²) in [5.41, 5.74) is 1.21. The number of carbonyl (C=O) groups is 2. The van der Waals surface area contributed by atoms with E-state index in [1.807, 2.05) is 31.2 Å². The van der Waals surface area contributed by atoms with Crippen molar-refractivity contribution in [2.45, 2.75) is 33.1 Å². The first-order valence-electron chi connectivity index (χ1n) is 7.25. The average Bonchev–Trinajstić information content (AvgIpc) is 2.49. The van der Waals surface area contributed by atoms with Crippen LogP contribution in [0.2, 0.25) is 0 Å². The van der Waals surface area contributed by atoms with Crippen LogP contribution in [-0.2, 0) is 16.0 Å². The molecule has 1 amide bonds. The lowest BCUT2D eigenvalue weighted by Crippen LogP contribution is -2.33. The molecule has 1 unspecified atom stereocenters. The van der Waals surface area contributed by atoms with Gasteiger partial charge in [-0.15, -0.1) is 0 Å². The molecule has 21 heavy (non-hydrogen) atoms. The molecule has 1 rings (SSSR count). The van der Waals surface area contributed by atoms with E-state index in [9.17, 15) is 9.59 Å². The van der Waals surface area contributed by atoms with Gasteiger partial charge in [-0.1, -0.05) is 32.4 Å². The van der Waals surface area contributed by atoms with Crippen molar-refractivity contribution in [2.75, 3.05) is 13.2 Å². The van der Waals surface area contributed by atoms with Gasteiger partial charge in [0.2, 0.25) is 0 Å². The van der Waals surface area contributed by atoms with E-state index in [0.717, 1.165) is 6.42 Å². The fourth-order valence-corrected chi connectivity index (χ4v) is 1.89. The van der Waals surface area contributed by atoms with Crippen molar-refractivity contribution in [3.8, 4) is 5.75 Å². The van der Waals surface area contributed by atoms with Gasteiger partial charge in [0, 0.05) is 13.0 Å². The van der Waals surface area contributed by atoms with E-state index >= 15 is 0 Å². The first-order valence-corrected chi connectivity index (χ1v) is 7.25. The highest BCUT2D eigenvalue weighted by atomic mass is 16.5. The summed E-state index contributed by atoms with van der Waals surface area (Å²) in [5.74, 6) is -0.475. The van der Waals surface area contributed by atoms with Gasteiger partial charge >= 0.3 is 5.97 Å². The monoisotopic (exact) mass is 293 g/mol. The van der Waals surface area contributed by atoms with Crippen LogP contribution < -0.4 is 10.1 Å². The fraction of sp³-hybridized carbons (Fsp3) is 0.500. The number of ether oxygens (including phenoxy) is 1. The zero-order valence-corrected chi connectivity index (χ0v) is 12.6. The van der Waals surface area contributed by atoms with Crippen LogP contribution in [0.15, 0.2) is 24.3 Å². The van der Waals surface area contributed by atoms with Crippen LogP contribution in [0.3, 0.4) is 0 Å². The molecule has 0 aromatic heterocycles. The molecule has 0 radical (unpaired) electrons. The molecule has 0 saturated heterocycles. The quantitative estimate of drug-likeness (QED) is 0.732. The molecule has 1 aromatic rings. The topological polar surface area (TPSA) is 75.6 Å². The van der Waals surface area contributed by atoms with Crippen LogP contribution in [0, 0.1) is 5.92 Å². The number of carbonyl (C=O) groups excluding carboxylic acids is 1. The molecule has 0 heterocycles. The number of benzene rings is 1. The SMILES string of the molecule is CCc1ccc(OCC(=O)NCC(CC)CC(=O)O)cc1. The Kier molecular flexibility index (Phi) is 7.29. The number of carboxylic acid groups (broad SMARTS) is 1. The summed E-state index contributed by atoms with van der Waals surface area (Å²) in [6.45, 7) is 4.28. The van der Waals surface area contributed by atoms with E-state index in [0.29, 0.717) is 18.7 Å². The molecule has 0 aliphatic rings.